The van der Waals surface area contributed by atoms with Crippen molar-refractivity contribution in [2.45, 2.75) is 57.7 Å². The Bertz CT molecular complexity index is 1020. The molecule has 1 saturated heterocycles. The summed E-state index contributed by atoms with van der Waals surface area (Å²) in [6.45, 7) is 8.88. The van der Waals surface area contributed by atoms with Gasteiger partial charge in [0.25, 0.3) is 5.56 Å². The number of nitrogens with one attached hydrogen (secondary N) is 1. The van der Waals surface area contributed by atoms with Gasteiger partial charge >= 0.3 is 0 Å². The molecule has 3 heterocycles. The number of piperidine rings is 1. The molecule has 1 aromatic heterocycles. The van der Waals surface area contributed by atoms with Crippen molar-refractivity contribution in [1.82, 2.24) is 9.88 Å². The van der Waals surface area contributed by atoms with Gasteiger partial charge in [0.2, 0.25) is 0 Å². The molecule has 0 aliphatic carbocycles. The van der Waals surface area contributed by atoms with Crippen LogP contribution in [0.3, 0.4) is 0 Å². The highest BCUT2D eigenvalue weighted by Crippen LogP contribution is 2.38. The number of halogens is 1. The third-order valence-electron chi connectivity index (χ3n) is 7.06. The van der Waals surface area contributed by atoms with Gasteiger partial charge in [-0.1, -0.05) is 0 Å². The van der Waals surface area contributed by atoms with E-state index in [-0.39, 0.29) is 29.0 Å². The quantitative estimate of drug-likeness (QED) is 0.799. The summed E-state index contributed by atoms with van der Waals surface area (Å²) >= 11 is 0. The molecule has 0 bridgehead atoms. The molecule has 6 nitrogen and oxygen atoms in total. The van der Waals surface area contributed by atoms with Crippen LogP contribution in [-0.4, -0.2) is 46.4 Å². The number of carboxylic acid groups (broad SMARTS) is 1. The van der Waals surface area contributed by atoms with Gasteiger partial charge in [-0.05, 0) is 44.4 Å². The van der Waals surface area contributed by atoms with Gasteiger partial charge < -0.3 is 19.7 Å². The van der Waals surface area contributed by atoms with Crippen molar-refractivity contribution < 1.29 is 18.8 Å². The molecule has 1 amide bonds. The van der Waals surface area contributed by atoms with Crippen LogP contribution in [0.2, 0.25) is 0 Å². The number of amides is 1. The predicted octanol–water partition coefficient (Wildman–Crippen LogP) is 1.95. The minimum absolute atomic E-state index is 0.0860. The van der Waals surface area contributed by atoms with Gasteiger partial charge in [-0.25, -0.2) is 4.39 Å². The molecule has 1 atom stereocenters. The summed E-state index contributed by atoms with van der Waals surface area (Å²) in [5, 5.41) is 14.3. The van der Waals surface area contributed by atoms with Crippen molar-refractivity contribution in [3.8, 4) is 0 Å². The first-order valence-electron chi connectivity index (χ1n) is 10.3. The molecule has 2 aromatic rings. The SMILES string of the molecule is CC(C)(C)[N+]1(CC2Cc3c(F)ccc4ccc(=O)n2c34)CCC(NC(=O)[O-])CC1. The highest BCUT2D eigenvalue weighted by atomic mass is 19.1. The van der Waals surface area contributed by atoms with E-state index in [2.05, 4.69) is 26.1 Å². The predicted molar refractivity (Wildman–Crippen MR) is 107 cm³/mol. The van der Waals surface area contributed by atoms with Gasteiger partial charge in [-0.2, -0.15) is 0 Å². The number of pyridine rings is 1. The summed E-state index contributed by atoms with van der Waals surface area (Å²) in [4.78, 5) is 23.6. The molecule has 4 rings (SSSR count). The van der Waals surface area contributed by atoms with Gasteiger partial charge in [0.1, 0.15) is 18.5 Å². The van der Waals surface area contributed by atoms with E-state index in [1.165, 1.54) is 6.07 Å². The lowest BCUT2D eigenvalue weighted by Gasteiger charge is -2.53. The lowest BCUT2D eigenvalue weighted by Crippen LogP contribution is -2.67. The normalized spacial score (nSPS) is 26.6. The van der Waals surface area contributed by atoms with Crippen LogP contribution >= 0.6 is 0 Å². The largest absolute Gasteiger partial charge is 0.530 e. The molecule has 1 fully saturated rings. The summed E-state index contributed by atoms with van der Waals surface area (Å²) in [5.41, 5.74) is 1.18. The van der Waals surface area contributed by atoms with Crippen molar-refractivity contribution >= 4 is 17.0 Å². The standard InChI is InChI=1S/C22H28FN3O3/c1-22(2,3)26(10-8-15(9-11-26)24-21(28)29)13-16-12-17-18(23)6-4-14-5-7-19(27)25(16)20(14)17/h4-7,15-16,24H,8-13H2,1-3H3. The molecule has 1 N–H and O–H groups in total. The Hall–Kier alpha value is -2.41. The van der Waals surface area contributed by atoms with E-state index in [0.29, 0.717) is 18.5 Å². The molecule has 0 saturated carbocycles. The fourth-order valence-electron chi connectivity index (χ4n) is 5.33. The maximum Gasteiger partial charge on any atom is 0.251 e. The van der Waals surface area contributed by atoms with Crippen molar-refractivity contribution in [1.29, 1.82) is 0 Å². The fraction of sp³-hybridized carbons (Fsp3) is 0.545. The maximum absolute atomic E-state index is 14.5. The van der Waals surface area contributed by atoms with E-state index in [0.717, 1.165) is 41.3 Å². The second kappa shape index (κ2) is 6.83. The third kappa shape index (κ3) is 3.31. The highest BCUT2D eigenvalue weighted by molar-refractivity contribution is 5.84. The molecule has 2 aliphatic heterocycles. The first-order chi connectivity index (χ1) is 13.6. The number of hydrogen-bond donors (Lipinski definition) is 1. The van der Waals surface area contributed by atoms with Crippen molar-refractivity contribution in [3.63, 3.8) is 0 Å². The van der Waals surface area contributed by atoms with Crippen LogP contribution in [0.25, 0.3) is 10.9 Å². The van der Waals surface area contributed by atoms with Crippen molar-refractivity contribution in [2.24, 2.45) is 0 Å². The number of likely N-dealkylation sites (tertiary alicyclic amines) is 1. The molecule has 0 spiro atoms. The van der Waals surface area contributed by atoms with E-state index >= 15 is 0 Å². The van der Waals surface area contributed by atoms with Gasteiger partial charge in [-0.3, -0.25) is 9.36 Å². The molecular weight excluding hydrogens is 373 g/mol. The van der Waals surface area contributed by atoms with E-state index in [1.54, 1.807) is 22.8 Å². The second-order valence-electron chi connectivity index (χ2n) is 9.52. The maximum atomic E-state index is 14.5. The number of nitrogens with zero attached hydrogens (tertiary/aromatic N) is 2. The topological polar surface area (TPSA) is 74.2 Å². The molecule has 7 heteroatoms. The molecular formula is C22H28FN3O3. The summed E-state index contributed by atoms with van der Waals surface area (Å²) in [6.07, 6.45) is 0.724. The van der Waals surface area contributed by atoms with Crippen LogP contribution in [0.5, 0.6) is 0 Å². The van der Waals surface area contributed by atoms with Gasteiger partial charge in [0.05, 0.1) is 30.2 Å². The number of carbonyl (C=O) groups excluding carboxylic acids is 1. The van der Waals surface area contributed by atoms with E-state index < -0.39 is 6.09 Å². The minimum atomic E-state index is -1.23. The van der Waals surface area contributed by atoms with Crippen LogP contribution in [0.4, 0.5) is 9.18 Å². The Labute approximate surface area is 169 Å². The molecule has 2 aliphatic rings. The number of aromatic nitrogens is 1. The monoisotopic (exact) mass is 401 g/mol. The Morgan fingerprint density at radius 2 is 1.90 bits per heavy atom. The minimum Gasteiger partial charge on any atom is -0.530 e. The van der Waals surface area contributed by atoms with Crippen molar-refractivity contribution in [2.75, 3.05) is 19.6 Å². The van der Waals surface area contributed by atoms with Gasteiger partial charge in [0, 0.05) is 36.9 Å². The van der Waals surface area contributed by atoms with Crippen molar-refractivity contribution in [3.05, 3.63) is 46.0 Å². The summed E-state index contributed by atoms with van der Waals surface area (Å²) in [5.74, 6) is -0.251. The van der Waals surface area contributed by atoms with Crippen LogP contribution in [-0.2, 0) is 6.42 Å². The lowest BCUT2D eigenvalue weighted by molar-refractivity contribution is -0.976. The van der Waals surface area contributed by atoms with E-state index in [4.69, 9.17) is 0 Å². The number of rotatable bonds is 3. The van der Waals surface area contributed by atoms with Crippen LogP contribution < -0.4 is 16.0 Å². The summed E-state index contributed by atoms with van der Waals surface area (Å²) < 4.78 is 17.1. The van der Waals surface area contributed by atoms with Gasteiger partial charge in [-0.15, -0.1) is 0 Å². The van der Waals surface area contributed by atoms with Crippen LogP contribution in [0.1, 0.15) is 45.2 Å². The number of carbonyl (C=O) groups is 1. The number of quaternary nitrogens is 1. The fourth-order valence-corrected chi connectivity index (χ4v) is 5.33. The molecule has 1 unspecified atom stereocenters. The molecule has 29 heavy (non-hydrogen) atoms. The lowest BCUT2D eigenvalue weighted by atomic mass is 9.91. The average molecular weight is 401 g/mol. The number of benzene rings is 1. The Morgan fingerprint density at radius 3 is 2.52 bits per heavy atom. The molecule has 156 valence electrons. The Morgan fingerprint density at radius 1 is 1.24 bits per heavy atom. The summed E-state index contributed by atoms with van der Waals surface area (Å²) in [6, 6.07) is 6.35. The zero-order valence-corrected chi connectivity index (χ0v) is 17.2. The molecule has 1 aromatic carbocycles. The Balaban J connectivity index is 1.68. The zero-order chi connectivity index (χ0) is 21.0. The molecule has 0 radical (unpaired) electrons. The van der Waals surface area contributed by atoms with E-state index in [1.807, 2.05) is 0 Å². The van der Waals surface area contributed by atoms with E-state index in [9.17, 15) is 19.1 Å². The number of hydrogen-bond acceptors (Lipinski definition) is 3. The van der Waals surface area contributed by atoms with Crippen LogP contribution in [0, 0.1) is 5.82 Å². The Kier molecular flexibility index (Phi) is 4.69. The summed E-state index contributed by atoms with van der Waals surface area (Å²) in [7, 11) is 0. The zero-order valence-electron chi connectivity index (χ0n) is 17.2. The smallest absolute Gasteiger partial charge is 0.251 e. The first kappa shape index (κ1) is 19.9. The third-order valence-corrected chi connectivity index (χ3v) is 7.06. The average Bonchev–Trinajstić information content (AvgIpc) is 3.02. The van der Waals surface area contributed by atoms with Gasteiger partial charge in [0.15, 0.2) is 0 Å². The highest BCUT2D eigenvalue weighted by Gasteiger charge is 2.46. The van der Waals surface area contributed by atoms with Crippen LogP contribution in [0.15, 0.2) is 29.1 Å². The second-order valence-corrected chi connectivity index (χ2v) is 9.52. The first-order valence-corrected chi connectivity index (χ1v) is 10.3.